The van der Waals surface area contributed by atoms with Gasteiger partial charge in [-0.25, -0.2) is 0 Å². The molecule has 32 radical (unpaired) electrons. The minimum absolute atomic E-state index is 0.0270. The van der Waals surface area contributed by atoms with Gasteiger partial charge in [-0.15, -0.1) is 38.2 Å². The molecular formula is C38H8B16O3. The topological polar surface area (TPSA) is 53.6 Å². The molecule has 3 nitrogen and oxygen atoms in total. The predicted octanol–water partition coefficient (Wildman–Crippen LogP) is -8.99. The van der Waals surface area contributed by atoms with E-state index in [1.54, 1.807) is 36.4 Å². The average molecular weight is 685 g/mol. The van der Waals surface area contributed by atoms with E-state index in [1.165, 1.54) is 0 Å². The molecule has 1 heterocycles. The van der Waals surface area contributed by atoms with Gasteiger partial charge in [-0.3, -0.25) is 0 Å². The van der Waals surface area contributed by atoms with Crippen molar-refractivity contribution >= 4 is 256 Å². The normalized spacial score (nSPS) is 11.7. The molecule has 226 valence electrons. The third-order valence-electron chi connectivity index (χ3n) is 10.9. The lowest BCUT2D eigenvalue weighted by atomic mass is 9.58. The standard InChI is InChI=1S/C38H8B16O3/c39-21-12(22(40)30(48)35(53)29(21)47)7-4-5-8-11(6-7)57-10-3-1-2-9(13(8)10)14-16-18(25(43)33(51)31(49)23(16)41)15(19-17(14)24(42)32(50)34(52)26(19)44)20-27(45)37(55)36(54)38(56)28(20)46/h1-6,55-56H. The highest BCUT2D eigenvalue weighted by molar-refractivity contribution is 6.72. The Kier molecular flexibility index (Phi) is 9.34. The SMILES string of the molecule is [B]c1c([B])c([B])c(-c2ccc3c(c2)oc2cccc(-c4c5c([B])c([B])c([B])c([B])c5c(-c5c([B])c(O)c([B])c(O)c5[B])c5c([B])c([B])c([B])c([B])c45)c23)c([B])c1[B]. The van der Waals surface area contributed by atoms with Crippen LogP contribution < -0.4 is 87.4 Å². The van der Waals surface area contributed by atoms with Gasteiger partial charge in [0.25, 0.3) is 0 Å². The Hall–Kier alpha value is -4.50. The van der Waals surface area contributed by atoms with Gasteiger partial charge in [0.05, 0.1) is 0 Å². The van der Waals surface area contributed by atoms with Gasteiger partial charge in [-0.1, -0.05) is 51.0 Å². The Bertz CT molecular complexity index is 3040. The lowest BCUT2D eigenvalue weighted by Gasteiger charge is -2.30. The van der Waals surface area contributed by atoms with Gasteiger partial charge in [0.2, 0.25) is 0 Å². The number of hydrogen-bond acceptors (Lipinski definition) is 3. The van der Waals surface area contributed by atoms with Gasteiger partial charge in [0.15, 0.2) is 0 Å². The Labute approximate surface area is 350 Å². The highest BCUT2D eigenvalue weighted by Crippen LogP contribution is 2.45. The zero-order valence-corrected chi connectivity index (χ0v) is 30.0. The highest BCUT2D eigenvalue weighted by Gasteiger charge is 2.29. The van der Waals surface area contributed by atoms with Crippen LogP contribution in [0.5, 0.6) is 11.5 Å². The number of benzene rings is 7. The monoisotopic (exact) mass is 688 g/mol. The van der Waals surface area contributed by atoms with E-state index in [4.69, 9.17) is 130 Å². The molecule has 1 aromatic heterocycles. The van der Waals surface area contributed by atoms with Gasteiger partial charge >= 0.3 is 0 Å². The quantitative estimate of drug-likeness (QED) is 0.144. The molecule has 0 bridgehead atoms. The molecule has 0 spiro atoms. The molecule has 2 N–H and O–H groups in total. The van der Waals surface area contributed by atoms with Gasteiger partial charge in [-0.05, 0) is 89.5 Å². The number of phenols is 2. The van der Waals surface area contributed by atoms with Gasteiger partial charge in [-0.2, -0.15) is 0 Å². The first-order chi connectivity index (χ1) is 26.8. The number of phenolic OH excluding ortho intramolecular Hbond substituents is 2. The molecule has 0 unspecified atom stereocenters. The summed E-state index contributed by atoms with van der Waals surface area (Å²) in [5, 5.41) is 23.9. The fourth-order valence-electron chi connectivity index (χ4n) is 7.87. The van der Waals surface area contributed by atoms with E-state index in [1.807, 2.05) is 0 Å². The first-order valence-corrected chi connectivity index (χ1v) is 17.0. The molecule has 0 atom stereocenters. The predicted molar refractivity (Wildman–Crippen MR) is 255 cm³/mol. The van der Waals surface area contributed by atoms with Crippen molar-refractivity contribution in [2.24, 2.45) is 0 Å². The third kappa shape index (κ3) is 5.29. The second-order valence-corrected chi connectivity index (χ2v) is 13.8. The number of hydrogen-bond donors (Lipinski definition) is 2. The summed E-state index contributed by atoms with van der Waals surface area (Å²) >= 11 is 0. The van der Waals surface area contributed by atoms with E-state index in [2.05, 4.69) is 0 Å². The molecular weight excluding hydrogens is 677 g/mol. The van der Waals surface area contributed by atoms with Crippen molar-refractivity contribution in [3.8, 4) is 44.9 Å². The van der Waals surface area contributed by atoms with Crippen molar-refractivity contribution in [3.63, 3.8) is 0 Å². The van der Waals surface area contributed by atoms with Crippen LogP contribution in [0, 0.1) is 0 Å². The van der Waals surface area contributed by atoms with Crippen molar-refractivity contribution < 1.29 is 14.6 Å². The third-order valence-corrected chi connectivity index (χ3v) is 10.9. The Morgan fingerprint density at radius 2 is 0.754 bits per heavy atom. The second-order valence-electron chi connectivity index (χ2n) is 13.8. The second kappa shape index (κ2) is 13.5. The van der Waals surface area contributed by atoms with Gasteiger partial charge in [0, 0.05) is 10.8 Å². The first-order valence-electron chi connectivity index (χ1n) is 17.0. The zero-order valence-electron chi connectivity index (χ0n) is 30.0. The van der Waals surface area contributed by atoms with E-state index in [0.717, 1.165) is 0 Å². The number of aromatic hydroxyl groups is 2. The van der Waals surface area contributed by atoms with Crippen LogP contribution in [0.2, 0.25) is 0 Å². The number of rotatable bonds is 3. The fraction of sp³-hybridized carbons (Fsp3) is 0. The van der Waals surface area contributed by atoms with Crippen LogP contribution in [-0.2, 0) is 0 Å². The first kappa shape index (κ1) is 39.3. The lowest BCUT2D eigenvalue weighted by Crippen LogP contribution is -2.55. The van der Waals surface area contributed by atoms with Gasteiger partial charge in [0.1, 0.15) is 148 Å². The average Bonchev–Trinajstić information content (AvgIpc) is 3.58. The van der Waals surface area contributed by atoms with Crippen molar-refractivity contribution in [2.45, 2.75) is 0 Å². The van der Waals surface area contributed by atoms with E-state index in [-0.39, 0.29) is 115 Å². The molecule has 0 amide bonds. The van der Waals surface area contributed by atoms with Crippen LogP contribution >= 0.6 is 0 Å². The van der Waals surface area contributed by atoms with Crippen LogP contribution in [0.1, 0.15) is 0 Å². The summed E-state index contributed by atoms with van der Waals surface area (Å²) < 4.78 is 6.45. The smallest absolute Gasteiger partial charge is 0.136 e. The lowest BCUT2D eigenvalue weighted by molar-refractivity contribution is 0.464. The summed E-state index contributed by atoms with van der Waals surface area (Å²) in [5.41, 5.74) is 1.37. The van der Waals surface area contributed by atoms with E-state index >= 15 is 0 Å². The molecule has 8 rings (SSSR count). The summed E-state index contributed by atoms with van der Waals surface area (Å²) in [5.74, 6) is -1.34. The Morgan fingerprint density at radius 1 is 0.333 bits per heavy atom. The van der Waals surface area contributed by atoms with E-state index < -0.39 is 17.0 Å². The van der Waals surface area contributed by atoms with Crippen LogP contribution in [0.15, 0.2) is 40.8 Å². The van der Waals surface area contributed by atoms with Crippen LogP contribution in [0.3, 0.4) is 0 Å². The van der Waals surface area contributed by atoms with Crippen LogP contribution in [0.25, 0.3) is 76.9 Å². The minimum Gasteiger partial charge on any atom is -0.509 e. The summed E-state index contributed by atoms with van der Waals surface area (Å²) in [4.78, 5) is 0. The molecule has 0 aliphatic carbocycles. The van der Waals surface area contributed by atoms with E-state index in [9.17, 15) is 10.2 Å². The Morgan fingerprint density at radius 3 is 1.23 bits per heavy atom. The van der Waals surface area contributed by atoms with Crippen molar-refractivity contribution in [1.82, 2.24) is 0 Å². The summed E-state index contributed by atoms with van der Waals surface area (Å²) in [6, 6.07) is 10.6. The van der Waals surface area contributed by atoms with Crippen molar-refractivity contribution in [1.29, 1.82) is 0 Å². The number of furan rings is 1. The molecule has 57 heavy (non-hydrogen) atoms. The molecule has 8 aromatic rings. The summed E-state index contributed by atoms with van der Waals surface area (Å²) in [7, 11) is 104. The molecule has 0 fully saturated rings. The highest BCUT2D eigenvalue weighted by atomic mass is 16.3. The van der Waals surface area contributed by atoms with Crippen molar-refractivity contribution in [3.05, 3.63) is 36.4 Å². The molecule has 0 saturated carbocycles. The van der Waals surface area contributed by atoms with Gasteiger partial charge < -0.3 is 14.6 Å². The fourth-order valence-corrected chi connectivity index (χ4v) is 7.87. The molecule has 0 aliphatic rings. The maximum Gasteiger partial charge on any atom is 0.136 e. The summed E-state index contributed by atoms with van der Waals surface area (Å²) in [6.07, 6.45) is 0. The maximum atomic E-state index is 11.0. The van der Waals surface area contributed by atoms with Crippen LogP contribution in [-0.4, -0.2) is 136 Å². The molecule has 0 saturated heterocycles. The zero-order chi connectivity index (χ0) is 41.4. The molecule has 7 aromatic carbocycles. The number of fused-ring (bicyclic) bond motifs is 5. The minimum atomic E-state index is -0.672. The maximum absolute atomic E-state index is 11.0. The molecule has 0 aliphatic heterocycles. The largest absolute Gasteiger partial charge is 0.509 e. The summed E-state index contributed by atoms with van der Waals surface area (Å²) in [6.45, 7) is 0. The Balaban J connectivity index is 1.61. The van der Waals surface area contributed by atoms with E-state index in [0.29, 0.717) is 44.2 Å². The van der Waals surface area contributed by atoms with Crippen molar-refractivity contribution in [2.75, 3.05) is 0 Å². The molecule has 19 heteroatoms. The van der Waals surface area contributed by atoms with Crippen LogP contribution in [0.4, 0.5) is 0 Å².